The fraction of sp³-hybridized carbons (Fsp3) is 0.200. The van der Waals surface area contributed by atoms with E-state index >= 15 is 0 Å². The number of fused-ring (bicyclic) bond motifs is 3. The molecule has 7 heteroatoms. The van der Waals surface area contributed by atoms with Gasteiger partial charge in [0.1, 0.15) is 12.4 Å². The van der Waals surface area contributed by atoms with E-state index in [1.165, 1.54) is 18.2 Å². The average Bonchev–Trinajstić information content (AvgIpc) is 3.11. The number of carboxylic acid groups (broad SMARTS) is 1. The summed E-state index contributed by atoms with van der Waals surface area (Å²) in [4.78, 5) is 23.8. The molecule has 0 heterocycles. The van der Waals surface area contributed by atoms with E-state index < -0.39 is 23.9 Å². The van der Waals surface area contributed by atoms with Gasteiger partial charge in [-0.3, -0.25) is 0 Å². The minimum atomic E-state index is -1.29. The summed E-state index contributed by atoms with van der Waals surface area (Å²) in [5.41, 5.74) is 4.90. The number of aliphatic carboxylic acids is 1. The van der Waals surface area contributed by atoms with E-state index in [1.54, 1.807) is 6.07 Å². The molecule has 1 aliphatic carbocycles. The number of hydrogen-bond donors (Lipinski definition) is 2. The number of nitrogens with one attached hydrogen (secondary N) is 1. The Kier molecular flexibility index (Phi) is 6.47. The Labute approximate surface area is 184 Å². The lowest BCUT2D eigenvalue weighted by atomic mass is 9.98. The number of halogens is 1. The summed E-state index contributed by atoms with van der Waals surface area (Å²) in [6, 6.07) is 20.4. The first kappa shape index (κ1) is 21.5. The minimum Gasteiger partial charge on any atom is -0.480 e. The van der Waals surface area contributed by atoms with Crippen molar-refractivity contribution in [1.29, 1.82) is 0 Å². The molecule has 0 aliphatic heterocycles. The van der Waals surface area contributed by atoms with E-state index in [4.69, 9.17) is 9.47 Å². The summed E-state index contributed by atoms with van der Waals surface area (Å²) in [5, 5.41) is 11.7. The van der Waals surface area contributed by atoms with E-state index in [0.717, 1.165) is 22.3 Å². The molecule has 1 amide bonds. The fourth-order valence-corrected chi connectivity index (χ4v) is 3.88. The maximum absolute atomic E-state index is 13.2. The molecule has 0 saturated carbocycles. The molecule has 1 aliphatic rings. The number of amides is 1. The first-order chi connectivity index (χ1) is 15.5. The molecule has 0 saturated heterocycles. The van der Waals surface area contributed by atoms with E-state index in [9.17, 15) is 19.1 Å². The minimum absolute atomic E-state index is 0.0217. The van der Waals surface area contributed by atoms with Crippen LogP contribution < -0.4 is 5.32 Å². The Morgan fingerprint density at radius 2 is 1.62 bits per heavy atom. The van der Waals surface area contributed by atoms with Gasteiger partial charge in [0.15, 0.2) is 6.04 Å². The number of carbonyl (C=O) groups is 2. The lowest BCUT2D eigenvalue weighted by Gasteiger charge is -2.17. The first-order valence-electron chi connectivity index (χ1n) is 10.2. The molecule has 0 bridgehead atoms. The standard InChI is InChI=1S/C25H22FNO5/c26-17-7-5-6-16(12-17)13-31-15-23(24(28)29)27-25(30)32-14-22-20-10-3-1-8-18(20)19-9-2-4-11-21(19)22/h1-12,22-23H,13-15H2,(H,27,30)(H,28,29)/t23-/m0/s1. The van der Waals surface area contributed by atoms with Gasteiger partial charge < -0.3 is 19.9 Å². The molecule has 1 atom stereocenters. The number of rotatable bonds is 8. The second kappa shape index (κ2) is 9.62. The van der Waals surface area contributed by atoms with Gasteiger partial charge in [0.05, 0.1) is 13.2 Å². The molecule has 3 aromatic rings. The second-order valence-electron chi connectivity index (χ2n) is 7.51. The van der Waals surface area contributed by atoms with Crippen molar-refractivity contribution < 1.29 is 28.6 Å². The van der Waals surface area contributed by atoms with Crippen molar-refractivity contribution in [2.75, 3.05) is 13.2 Å². The van der Waals surface area contributed by atoms with Gasteiger partial charge in [-0.2, -0.15) is 0 Å². The van der Waals surface area contributed by atoms with Crippen LogP contribution in [0, 0.1) is 5.82 Å². The Morgan fingerprint density at radius 3 is 2.25 bits per heavy atom. The van der Waals surface area contributed by atoms with Gasteiger partial charge in [0.2, 0.25) is 0 Å². The normalized spacial score (nSPS) is 13.2. The molecular formula is C25H22FNO5. The van der Waals surface area contributed by atoms with Gasteiger partial charge in [-0.05, 0) is 39.9 Å². The number of ether oxygens (including phenoxy) is 2. The summed E-state index contributed by atoms with van der Waals surface area (Å²) in [6.45, 7) is -0.180. The summed E-state index contributed by atoms with van der Waals surface area (Å²) in [7, 11) is 0. The third-order valence-electron chi connectivity index (χ3n) is 5.38. The van der Waals surface area contributed by atoms with Crippen LogP contribution in [0.1, 0.15) is 22.6 Å². The van der Waals surface area contributed by atoms with Crippen molar-refractivity contribution in [1.82, 2.24) is 5.32 Å². The number of hydrogen-bond acceptors (Lipinski definition) is 4. The molecule has 0 fully saturated rings. The highest BCUT2D eigenvalue weighted by molar-refractivity contribution is 5.81. The molecule has 164 valence electrons. The first-order valence-corrected chi connectivity index (χ1v) is 10.2. The average molecular weight is 435 g/mol. The summed E-state index contributed by atoms with van der Waals surface area (Å²) in [6.07, 6.45) is -0.839. The Morgan fingerprint density at radius 1 is 0.969 bits per heavy atom. The lowest BCUT2D eigenvalue weighted by Crippen LogP contribution is -2.44. The van der Waals surface area contributed by atoms with Crippen LogP contribution in [0.3, 0.4) is 0 Å². The smallest absolute Gasteiger partial charge is 0.407 e. The third-order valence-corrected chi connectivity index (χ3v) is 5.38. The number of carboxylic acids is 1. The quantitative estimate of drug-likeness (QED) is 0.550. The van der Waals surface area contributed by atoms with E-state index in [0.29, 0.717) is 5.56 Å². The molecule has 3 aromatic carbocycles. The van der Waals surface area contributed by atoms with Crippen LogP contribution in [0.4, 0.5) is 9.18 Å². The van der Waals surface area contributed by atoms with Crippen molar-refractivity contribution in [2.45, 2.75) is 18.6 Å². The third kappa shape index (κ3) is 4.78. The summed E-state index contributed by atoms with van der Waals surface area (Å²) in [5.74, 6) is -1.78. The zero-order valence-corrected chi connectivity index (χ0v) is 17.2. The van der Waals surface area contributed by atoms with Gasteiger partial charge in [0.25, 0.3) is 0 Å². The van der Waals surface area contributed by atoms with Crippen molar-refractivity contribution in [3.63, 3.8) is 0 Å². The molecule has 6 nitrogen and oxygen atoms in total. The molecule has 32 heavy (non-hydrogen) atoms. The number of benzene rings is 3. The van der Waals surface area contributed by atoms with Gasteiger partial charge in [-0.1, -0.05) is 60.7 Å². The van der Waals surface area contributed by atoms with Gasteiger partial charge in [0, 0.05) is 5.92 Å². The summed E-state index contributed by atoms with van der Waals surface area (Å²) < 4.78 is 24.0. The molecule has 0 spiro atoms. The zero-order chi connectivity index (χ0) is 22.5. The highest BCUT2D eigenvalue weighted by Gasteiger charge is 2.29. The Bertz CT molecular complexity index is 1090. The van der Waals surface area contributed by atoms with Crippen molar-refractivity contribution in [3.05, 3.63) is 95.3 Å². The molecule has 0 radical (unpaired) electrons. The molecule has 0 unspecified atom stereocenters. The zero-order valence-electron chi connectivity index (χ0n) is 17.2. The van der Waals surface area contributed by atoms with Crippen molar-refractivity contribution >= 4 is 12.1 Å². The number of carbonyl (C=O) groups excluding carboxylic acids is 1. The maximum Gasteiger partial charge on any atom is 0.407 e. The highest BCUT2D eigenvalue weighted by atomic mass is 19.1. The van der Waals surface area contributed by atoms with E-state index in [-0.39, 0.29) is 25.7 Å². The van der Waals surface area contributed by atoms with Gasteiger partial charge >= 0.3 is 12.1 Å². The molecule has 2 N–H and O–H groups in total. The monoisotopic (exact) mass is 435 g/mol. The van der Waals surface area contributed by atoms with Crippen molar-refractivity contribution in [3.8, 4) is 11.1 Å². The predicted octanol–water partition coefficient (Wildman–Crippen LogP) is 4.33. The largest absolute Gasteiger partial charge is 0.480 e. The number of alkyl carbamates (subject to hydrolysis) is 1. The Balaban J connectivity index is 1.34. The van der Waals surface area contributed by atoms with Crippen LogP contribution in [-0.2, 0) is 20.9 Å². The van der Waals surface area contributed by atoms with Crippen LogP contribution >= 0.6 is 0 Å². The molecular weight excluding hydrogens is 413 g/mol. The van der Waals surface area contributed by atoms with Crippen LogP contribution in [0.5, 0.6) is 0 Å². The predicted molar refractivity (Wildman–Crippen MR) is 116 cm³/mol. The van der Waals surface area contributed by atoms with Crippen LogP contribution in [0.25, 0.3) is 11.1 Å². The molecule has 4 rings (SSSR count). The van der Waals surface area contributed by atoms with Gasteiger partial charge in [-0.25, -0.2) is 14.0 Å². The van der Waals surface area contributed by atoms with E-state index in [2.05, 4.69) is 5.32 Å². The van der Waals surface area contributed by atoms with Crippen molar-refractivity contribution in [2.24, 2.45) is 0 Å². The SMILES string of the molecule is O=C(N[C@@H](COCc1cccc(F)c1)C(=O)O)OCC1c2ccccc2-c2ccccc21. The van der Waals surface area contributed by atoms with Crippen LogP contribution in [0.2, 0.25) is 0 Å². The molecule has 0 aromatic heterocycles. The summed E-state index contributed by atoms with van der Waals surface area (Å²) >= 11 is 0. The maximum atomic E-state index is 13.2. The van der Waals surface area contributed by atoms with Crippen LogP contribution in [-0.4, -0.2) is 36.4 Å². The van der Waals surface area contributed by atoms with E-state index in [1.807, 2.05) is 48.5 Å². The second-order valence-corrected chi connectivity index (χ2v) is 7.51. The van der Waals surface area contributed by atoms with Crippen LogP contribution in [0.15, 0.2) is 72.8 Å². The Hall–Kier alpha value is -3.71. The topological polar surface area (TPSA) is 84.9 Å². The highest BCUT2D eigenvalue weighted by Crippen LogP contribution is 2.44. The lowest BCUT2D eigenvalue weighted by molar-refractivity contribution is -0.141. The van der Waals surface area contributed by atoms with Gasteiger partial charge in [-0.15, -0.1) is 0 Å². The fourth-order valence-electron chi connectivity index (χ4n) is 3.88.